The number of oxazole rings is 1. The van der Waals surface area contributed by atoms with Gasteiger partial charge in [0.05, 0.1) is 18.2 Å². The van der Waals surface area contributed by atoms with E-state index in [0.717, 1.165) is 16.3 Å². The van der Waals surface area contributed by atoms with Gasteiger partial charge in [-0.05, 0) is 6.08 Å². The van der Waals surface area contributed by atoms with E-state index in [1.165, 1.54) is 11.3 Å². The molecule has 3 heterocycles. The quantitative estimate of drug-likeness (QED) is 0.631. The molecule has 0 radical (unpaired) electrons. The Morgan fingerprint density at radius 3 is 2.71 bits per heavy atom. The SMILES string of the molecule is Cn1cnc(C[C@H](Nc2ncc(/C=C/c3ncc(C(C)(C)C)o3)s2)C(N)=O)c1. The van der Waals surface area contributed by atoms with Crippen molar-refractivity contribution in [3.63, 3.8) is 0 Å². The maximum atomic E-state index is 11.8. The van der Waals surface area contributed by atoms with Crippen LogP contribution in [0.5, 0.6) is 0 Å². The fourth-order valence-electron chi connectivity index (χ4n) is 2.45. The number of nitrogens with two attached hydrogens (primary N) is 1. The molecule has 3 rings (SSSR count). The van der Waals surface area contributed by atoms with Gasteiger partial charge in [-0.3, -0.25) is 4.79 Å². The Balaban J connectivity index is 1.65. The van der Waals surface area contributed by atoms with Crippen LogP contribution in [0.1, 0.15) is 43.0 Å². The van der Waals surface area contributed by atoms with Gasteiger partial charge < -0.3 is 20.0 Å². The van der Waals surface area contributed by atoms with E-state index in [2.05, 4.69) is 41.0 Å². The maximum Gasteiger partial charge on any atom is 0.240 e. The highest BCUT2D eigenvalue weighted by atomic mass is 32.1. The first-order valence-corrected chi connectivity index (χ1v) is 9.65. The van der Waals surface area contributed by atoms with E-state index in [4.69, 9.17) is 10.2 Å². The number of primary amides is 1. The smallest absolute Gasteiger partial charge is 0.240 e. The van der Waals surface area contributed by atoms with Gasteiger partial charge in [0.25, 0.3) is 0 Å². The van der Waals surface area contributed by atoms with E-state index in [1.807, 2.05) is 23.9 Å². The molecule has 3 aromatic rings. The van der Waals surface area contributed by atoms with Crippen LogP contribution in [0.4, 0.5) is 5.13 Å². The van der Waals surface area contributed by atoms with Gasteiger partial charge in [-0.25, -0.2) is 15.0 Å². The molecular formula is C19H24N6O2S. The second-order valence-corrected chi connectivity index (χ2v) is 8.61. The second-order valence-electron chi connectivity index (χ2n) is 7.55. The Bertz CT molecular complexity index is 979. The Hall–Kier alpha value is -2.94. The van der Waals surface area contributed by atoms with E-state index < -0.39 is 11.9 Å². The van der Waals surface area contributed by atoms with Crippen LogP contribution in [0.15, 0.2) is 29.3 Å². The molecule has 0 aliphatic heterocycles. The average molecular weight is 401 g/mol. The summed E-state index contributed by atoms with van der Waals surface area (Å²) < 4.78 is 7.57. The minimum absolute atomic E-state index is 0.0853. The lowest BCUT2D eigenvalue weighted by Gasteiger charge is -2.13. The molecule has 3 aromatic heterocycles. The fraction of sp³-hybridized carbons (Fsp3) is 0.368. The van der Waals surface area contributed by atoms with Gasteiger partial charge in [-0.1, -0.05) is 32.1 Å². The zero-order chi connectivity index (χ0) is 20.3. The Labute approximate surface area is 167 Å². The molecule has 0 saturated carbocycles. The van der Waals surface area contributed by atoms with Gasteiger partial charge in [-0.15, -0.1) is 0 Å². The van der Waals surface area contributed by atoms with Crippen LogP contribution in [0.25, 0.3) is 12.2 Å². The van der Waals surface area contributed by atoms with Crippen molar-refractivity contribution in [2.75, 3.05) is 5.32 Å². The molecule has 0 aromatic carbocycles. The molecule has 8 nitrogen and oxygen atoms in total. The lowest BCUT2D eigenvalue weighted by molar-refractivity contribution is -0.118. The van der Waals surface area contributed by atoms with Gasteiger partial charge in [0, 0.05) is 42.2 Å². The minimum atomic E-state index is -0.584. The highest BCUT2D eigenvalue weighted by Gasteiger charge is 2.19. The van der Waals surface area contributed by atoms with Gasteiger partial charge in [-0.2, -0.15) is 0 Å². The summed E-state index contributed by atoms with van der Waals surface area (Å²) >= 11 is 1.41. The topological polar surface area (TPSA) is 112 Å². The van der Waals surface area contributed by atoms with Gasteiger partial charge in [0.15, 0.2) is 5.13 Å². The monoisotopic (exact) mass is 400 g/mol. The summed E-state index contributed by atoms with van der Waals surface area (Å²) in [5.41, 5.74) is 6.23. The number of carbonyl (C=O) groups excluding carboxylic acids is 1. The molecule has 148 valence electrons. The van der Waals surface area contributed by atoms with E-state index >= 15 is 0 Å². The number of nitrogens with one attached hydrogen (secondary N) is 1. The molecule has 1 amide bonds. The van der Waals surface area contributed by atoms with Crippen molar-refractivity contribution in [1.29, 1.82) is 0 Å². The molecule has 0 spiro atoms. The zero-order valence-electron chi connectivity index (χ0n) is 16.3. The number of anilines is 1. The van der Waals surface area contributed by atoms with Gasteiger partial charge >= 0.3 is 0 Å². The number of nitrogens with zero attached hydrogens (tertiary/aromatic N) is 4. The molecule has 0 saturated heterocycles. The normalized spacial score (nSPS) is 13.1. The van der Waals surface area contributed by atoms with Crippen LogP contribution < -0.4 is 11.1 Å². The van der Waals surface area contributed by atoms with Crippen LogP contribution in [-0.2, 0) is 23.7 Å². The number of aromatic nitrogens is 4. The van der Waals surface area contributed by atoms with Crippen molar-refractivity contribution in [2.24, 2.45) is 12.8 Å². The maximum absolute atomic E-state index is 11.8. The number of hydrogen-bond acceptors (Lipinski definition) is 7. The number of rotatable bonds is 7. The zero-order valence-corrected chi connectivity index (χ0v) is 17.2. The highest BCUT2D eigenvalue weighted by molar-refractivity contribution is 7.16. The second kappa shape index (κ2) is 7.97. The lowest BCUT2D eigenvalue weighted by atomic mass is 9.94. The number of amides is 1. The Morgan fingerprint density at radius 1 is 1.32 bits per heavy atom. The first kappa shape index (κ1) is 19.8. The molecule has 1 atom stereocenters. The van der Waals surface area contributed by atoms with Crippen molar-refractivity contribution in [1.82, 2.24) is 19.5 Å². The summed E-state index contributed by atoms with van der Waals surface area (Å²) in [7, 11) is 1.88. The third-order valence-corrected chi connectivity index (χ3v) is 4.88. The first-order valence-electron chi connectivity index (χ1n) is 8.83. The Morgan fingerprint density at radius 2 is 2.11 bits per heavy atom. The largest absolute Gasteiger partial charge is 0.441 e. The van der Waals surface area contributed by atoms with Crippen LogP contribution in [-0.4, -0.2) is 31.5 Å². The summed E-state index contributed by atoms with van der Waals surface area (Å²) in [6, 6.07) is -0.584. The highest BCUT2D eigenvalue weighted by Crippen LogP contribution is 2.25. The minimum Gasteiger partial charge on any atom is -0.441 e. The van der Waals surface area contributed by atoms with Crippen LogP contribution in [0.2, 0.25) is 0 Å². The summed E-state index contributed by atoms with van der Waals surface area (Å²) in [5.74, 6) is 0.920. The molecule has 0 aliphatic carbocycles. The third-order valence-electron chi connectivity index (χ3n) is 3.99. The number of aryl methyl sites for hydroxylation is 1. The molecule has 9 heteroatoms. The van der Waals surface area contributed by atoms with Crippen LogP contribution >= 0.6 is 11.3 Å². The van der Waals surface area contributed by atoms with Crippen molar-refractivity contribution in [3.8, 4) is 0 Å². The number of carbonyl (C=O) groups is 1. The van der Waals surface area contributed by atoms with Crippen molar-refractivity contribution in [3.05, 3.63) is 47.1 Å². The molecule has 0 fully saturated rings. The van der Waals surface area contributed by atoms with Crippen molar-refractivity contribution >= 4 is 34.5 Å². The standard InChI is InChI=1S/C19H24N6O2S/c1-19(2,3)15-9-21-16(27-15)6-5-13-8-22-18(28-13)24-14(17(20)26)7-12-10-25(4)11-23-12/h5-6,8-11,14H,7H2,1-4H3,(H2,20,26)(H,22,24)/b6-5+/t14-/m0/s1. The van der Waals surface area contributed by atoms with E-state index in [9.17, 15) is 4.79 Å². The molecule has 3 N–H and O–H groups in total. The number of hydrogen-bond donors (Lipinski definition) is 2. The van der Waals surface area contributed by atoms with Crippen molar-refractivity contribution in [2.45, 2.75) is 38.6 Å². The molecular weight excluding hydrogens is 376 g/mol. The summed E-state index contributed by atoms with van der Waals surface area (Å²) in [6.07, 6.45) is 11.1. The molecule has 0 aliphatic rings. The predicted octanol–water partition coefficient (Wildman–Crippen LogP) is 2.84. The van der Waals surface area contributed by atoms with E-state index in [1.54, 1.807) is 24.8 Å². The predicted molar refractivity (Wildman–Crippen MR) is 110 cm³/mol. The Kier molecular flexibility index (Phi) is 5.64. The van der Waals surface area contributed by atoms with Gasteiger partial charge in [0.2, 0.25) is 11.8 Å². The third kappa shape index (κ3) is 5.07. The molecule has 0 bridgehead atoms. The number of thiazole rings is 1. The summed E-state index contributed by atoms with van der Waals surface area (Å²) in [5, 5.41) is 3.70. The van der Waals surface area contributed by atoms with E-state index in [0.29, 0.717) is 17.4 Å². The first-order chi connectivity index (χ1) is 13.2. The summed E-state index contributed by atoms with van der Waals surface area (Å²) in [4.78, 5) is 25.5. The van der Waals surface area contributed by atoms with Crippen molar-refractivity contribution < 1.29 is 9.21 Å². The molecule has 28 heavy (non-hydrogen) atoms. The average Bonchev–Trinajstić information content (AvgIpc) is 3.33. The lowest BCUT2D eigenvalue weighted by Crippen LogP contribution is -2.37. The van der Waals surface area contributed by atoms with Crippen LogP contribution in [0, 0.1) is 0 Å². The number of imidazole rings is 1. The fourth-order valence-corrected chi connectivity index (χ4v) is 3.22. The van der Waals surface area contributed by atoms with E-state index in [-0.39, 0.29) is 5.41 Å². The summed E-state index contributed by atoms with van der Waals surface area (Å²) in [6.45, 7) is 6.22. The van der Waals surface area contributed by atoms with Gasteiger partial charge in [0.1, 0.15) is 11.8 Å². The van der Waals surface area contributed by atoms with Crippen LogP contribution in [0.3, 0.4) is 0 Å². The molecule has 0 unspecified atom stereocenters.